The summed E-state index contributed by atoms with van der Waals surface area (Å²) in [4.78, 5) is 26.3. The molecule has 7 heteroatoms. The number of carbonyl (C=O) groups is 1. The van der Waals surface area contributed by atoms with Gasteiger partial charge in [0.05, 0.1) is 10.2 Å². The third-order valence-corrected chi connectivity index (χ3v) is 5.88. The molecular weight excluding hydrogens is 336 g/mol. The molecule has 1 aliphatic rings. The van der Waals surface area contributed by atoms with Gasteiger partial charge < -0.3 is 5.32 Å². The lowest BCUT2D eigenvalue weighted by Crippen LogP contribution is -2.39. The summed E-state index contributed by atoms with van der Waals surface area (Å²) < 4.78 is 4.33. The van der Waals surface area contributed by atoms with Crippen molar-refractivity contribution >= 4 is 33.0 Å². The van der Waals surface area contributed by atoms with Gasteiger partial charge in [0.25, 0.3) is 5.56 Å². The van der Waals surface area contributed by atoms with E-state index in [9.17, 15) is 9.59 Å². The van der Waals surface area contributed by atoms with Crippen LogP contribution in [0.2, 0.25) is 0 Å². The molecule has 1 aliphatic carbocycles. The number of aryl methyl sites for hydroxylation is 2. The first kappa shape index (κ1) is 16.3. The first-order valence-corrected chi connectivity index (χ1v) is 9.69. The molecule has 6 nitrogen and oxygen atoms in total. The Morgan fingerprint density at radius 2 is 2.08 bits per heavy atom. The minimum Gasteiger partial charge on any atom is -0.352 e. The van der Waals surface area contributed by atoms with E-state index in [1.807, 2.05) is 17.4 Å². The van der Waals surface area contributed by atoms with Gasteiger partial charge in [0.2, 0.25) is 5.91 Å². The molecule has 1 amide bonds. The van der Waals surface area contributed by atoms with Gasteiger partial charge in [-0.1, -0.05) is 19.8 Å². The molecule has 132 valence electrons. The van der Waals surface area contributed by atoms with Crippen LogP contribution in [0, 0.1) is 6.92 Å². The minimum atomic E-state index is -0.208. The van der Waals surface area contributed by atoms with Gasteiger partial charge in [-0.25, -0.2) is 4.68 Å². The van der Waals surface area contributed by atoms with Crippen LogP contribution in [0.5, 0.6) is 0 Å². The number of hydrogen-bond acceptors (Lipinski definition) is 4. The maximum absolute atomic E-state index is 12.8. The Morgan fingerprint density at radius 3 is 2.80 bits per heavy atom. The van der Waals surface area contributed by atoms with Crippen molar-refractivity contribution in [1.29, 1.82) is 0 Å². The zero-order valence-corrected chi connectivity index (χ0v) is 15.4. The van der Waals surface area contributed by atoms with Gasteiger partial charge in [0, 0.05) is 17.3 Å². The van der Waals surface area contributed by atoms with Crippen LogP contribution in [0.4, 0.5) is 0 Å². The third kappa shape index (κ3) is 2.86. The summed E-state index contributed by atoms with van der Waals surface area (Å²) in [6.07, 6.45) is 5.08. The zero-order chi connectivity index (χ0) is 17.6. The van der Waals surface area contributed by atoms with E-state index in [0.717, 1.165) is 41.7 Å². The highest BCUT2D eigenvalue weighted by molar-refractivity contribution is 7.19. The summed E-state index contributed by atoms with van der Waals surface area (Å²) in [6.45, 7) is 4.06. The second-order valence-electron chi connectivity index (χ2n) is 6.75. The molecule has 1 fully saturated rings. The number of amides is 1. The number of fused-ring (bicyclic) bond motifs is 3. The molecule has 0 bridgehead atoms. The standard InChI is InChI=1S/C18H22N4O2S/c1-3-16-20-21(10-17(23)19-12-6-4-5-7-12)18(24)14-9-15-13(22(14)16)8-11(2)25-15/h8-9,12H,3-7,10H2,1-2H3,(H,19,23). The van der Waals surface area contributed by atoms with E-state index in [0.29, 0.717) is 11.9 Å². The second kappa shape index (κ2) is 6.29. The van der Waals surface area contributed by atoms with Crippen LogP contribution in [-0.4, -0.2) is 26.1 Å². The number of rotatable bonds is 4. The second-order valence-corrected chi connectivity index (χ2v) is 8.04. The van der Waals surface area contributed by atoms with Crippen LogP contribution in [0.25, 0.3) is 15.7 Å². The van der Waals surface area contributed by atoms with Gasteiger partial charge in [-0.2, -0.15) is 5.10 Å². The lowest BCUT2D eigenvalue weighted by Gasteiger charge is -2.13. The van der Waals surface area contributed by atoms with Crippen molar-refractivity contribution in [2.45, 2.75) is 58.5 Å². The van der Waals surface area contributed by atoms with Crippen LogP contribution in [0.15, 0.2) is 16.9 Å². The Balaban J connectivity index is 1.73. The van der Waals surface area contributed by atoms with Crippen LogP contribution in [0.3, 0.4) is 0 Å². The first-order chi connectivity index (χ1) is 12.1. The molecule has 1 N–H and O–H groups in total. The van der Waals surface area contributed by atoms with Gasteiger partial charge in [0.15, 0.2) is 0 Å². The molecule has 0 aromatic carbocycles. The van der Waals surface area contributed by atoms with Crippen molar-refractivity contribution in [3.8, 4) is 0 Å². The molecule has 3 aromatic heterocycles. The Kier molecular flexibility index (Phi) is 4.11. The largest absolute Gasteiger partial charge is 0.352 e. The van der Waals surface area contributed by atoms with Gasteiger partial charge >= 0.3 is 0 Å². The Hall–Kier alpha value is -2.15. The van der Waals surface area contributed by atoms with Crippen molar-refractivity contribution in [2.75, 3.05) is 0 Å². The molecule has 0 saturated heterocycles. The SMILES string of the molecule is CCc1nn(CC(=O)NC2CCCC2)c(=O)c2cc3sc(C)cc3n12. The summed E-state index contributed by atoms with van der Waals surface area (Å²) in [5.41, 5.74) is 1.42. The molecule has 0 atom stereocenters. The van der Waals surface area contributed by atoms with Crippen molar-refractivity contribution < 1.29 is 4.79 Å². The van der Waals surface area contributed by atoms with Crippen molar-refractivity contribution in [3.63, 3.8) is 0 Å². The lowest BCUT2D eigenvalue weighted by molar-refractivity contribution is -0.122. The van der Waals surface area contributed by atoms with Crippen molar-refractivity contribution in [3.05, 3.63) is 33.2 Å². The third-order valence-electron chi connectivity index (χ3n) is 4.89. The molecule has 0 spiro atoms. The molecule has 3 heterocycles. The van der Waals surface area contributed by atoms with Crippen molar-refractivity contribution in [2.24, 2.45) is 0 Å². The fraction of sp³-hybridized carbons (Fsp3) is 0.500. The number of hydrogen-bond donors (Lipinski definition) is 1. The van der Waals surface area contributed by atoms with Crippen LogP contribution >= 0.6 is 11.3 Å². The molecule has 3 aromatic rings. The minimum absolute atomic E-state index is 0.0172. The summed E-state index contributed by atoms with van der Waals surface area (Å²) in [6, 6.07) is 4.26. The summed E-state index contributed by atoms with van der Waals surface area (Å²) in [5, 5.41) is 7.50. The molecule has 0 radical (unpaired) electrons. The normalized spacial score (nSPS) is 15.4. The fourth-order valence-electron chi connectivity index (χ4n) is 3.73. The molecule has 0 unspecified atom stereocenters. The van der Waals surface area contributed by atoms with Crippen LogP contribution < -0.4 is 10.9 Å². The Morgan fingerprint density at radius 1 is 1.32 bits per heavy atom. The lowest BCUT2D eigenvalue weighted by atomic mass is 10.2. The van der Waals surface area contributed by atoms with E-state index < -0.39 is 0 Å². The first-order valence-electron chi connectivity index (χ1n) is 8.87. The maximum Gasteiger partial charge on any atom is 0.291 e. The fourth-order valence-corrected chi connectivity index (χ4v) is 4.67. The van der Waals surface area contributed by atoms with Gasteiger partial charge in [-0.3, -0.25) is 14.0 Å². The highest BCUT2D eigenvalue weighted by Gasteiger charge is 2.19. The topological polar surface area (TPSA) is 68.4 Å². The number of aromatic nitrogens is 3. The molecule has 25 heavy (non-hydrogen) atoms. The predicted octanol–water partition coefficient (Wildman–Crippen LogP) is 2.64. The van der Waals surface area contributed by atoms with Gasteiger partial charge in [0.1, 0.15) is 17.9 Å². The summed E-state index contributed by atoms with van der Waals surface area (Å²) in [5.74, 6) is 0.674. The average Bonchev–Trinajstić information content (AvgIpc) is 3.26. The van der Waals surface area contributed by atoms with Crippen LogP contribution in [0.1, 0.15) is 43.3 Å². The number of nitrogens with one attached hydrogen (secondary N) is 1. The smallest absolute Gasteiger partial charge is 0.291 e. The predicted molar refractivity (Wildman–Crippen MR) is 99.3 cm³/mol. The monoisotopic (exact) mass is 358 g/mol. The van der Waals surface area contributed by atoms with E-state index in [1.54, 1.807) is 11.3 Å². The number of thiophene rings is 1. The van der Waals surface area contributed by atoms with E-state index in [-0.39, 0.29) is 24.1 Å². The Bertz CT molecular complexity index is 1010. The van der Waals surface area contributed by atoms with Gasteiger partial charge in [-0.15, -0.1) is 11.3 Å². The molecule has 0 aliphatic heterocycles. The highest BCUT2D eigenvalue weighted by atomic mass is 32.1. The van der Waals surface area contributed by atoms with E-state index in [2.05, 4.69) is 23.4 Å². The van der Waals surface area contributed by atoms with E-state index in [1.165, 1.54) is 9.56 Å². The highest BCUT2D eigenvalue weighted by Crippen LogP contribution is 2.28. The Labute approximate surface area is 149 Å². The summed E-state index contributed by atoms with van der Waals surface area (Å²) in [7, 11) is 0. The maximum atomic E-state index is 12.8. The van der Waals surface area contributed by atoms with Crippen molar-refractivity contribution in [1.82, 2.24) is 19.5 Å². The molecular formula is C18H22N4O2S. The number of nitrogens with zero attached hydrogens (tertiary/aromatic N) is 3. The quantitative estimate of drug-likeness (QED) is 0.779. The number of carbonyl (C=O) groups excluding carboxylic acids is 1. The van der Waals surface area contributed by atoms with E-state index >= 15 is 0 Å². The molecule has 4 rings (SSSR count). The molecule has 1 saturated carbocycles. The van der Waals surface area contributed by atoms with Gasteiger partial charge in [-0.05, 0) is 31.9 Å². The zero-order valence-electron chi connectivity index (χ0n) is 14.5. The average molecular weight is 358 g/mol. The van der Waals surface area contributed by atoms with E-state index in [4.69, 9.17) is 0 Å². The summed E-state index contributed by atoms with van der Waals surface area (Å²) >= 11 is 1.67. The van der Waals surface area contributed by atoms with Crippen LogP contribution in [-0.2, 0) is 17.8 Å².